The average Bonchev–Trinajstić information content (AvgIpc) is 3.48. The normalized spacial score (nSPS) is 18.3. The first-order valence-corrected chi connectivity index (χ1v) is 10.8. The van der Waals surface area contributed by atoms with Gasteiger partial charge in [0.25, 0.3) is 5.91 Å². The molecule has 0 spiro atoms. The zero-order chi connectivity index (χ0) is 20.5. The van der Waals surface area contributed by atoms with Crippen LogP contribution in [0.3, 0.4) is 0 Å². The molecule has 5 rings (SSSR count). The van der Waals surface area contributed by atoms with Gasteiger partial charge in [-0.1, -0.05) is 6.07 Å². The summed E-state index contributed by atoms with van der Waals surface area (Å²) in [6.45, 7) is 1.21. The van der Waals surface area contributed by atoms with Crippen molar-refractivity contribution in [3.8, 4) is 0 Å². The molecule has 3 aromatic rings. The number of aromatic nitrogens is 3. The minimum absolute atomic E-state index is 0.0411. The van der Waals surface area contributed by atoms with Crippen molar-refractivity contribution in [2.24, 2.45) is 0 Å². The summed E-state index contributed by atoms with van der Waals surface area (Å²) >= 11 is 1.49. The van der Waals surface area contributed by atoms with Gasteiger partial charge in [0, 0.05) is 24.3 Å². The first-order chi connectivity index (χ1) is 14.7. The number of thiazole rings is 1. The van der Waals surface area contributed by atoms with E-state index in [1.165, 1.54) is 11.3 Å². The summed E-state index contributed by atoms with van der Waals surface area (Å²) in [7, 11) is 0. The number of fused-ring (bicyclic) bond motifs is 1. The lowest BCUT2D eigenvalue weighted by Crippen LogP contribution is -2.40. The van der Waals surface area contributed by atoms with Crippen LogP contribution in [0.2, 0.25) is 0 Å². The van der Waals surface area contributed by atoms with Crippen LogP contribution in [0.1, 0.15) is 40.6 Å². The summed E-state index contributed by atoms with van der Waals surface area (Å²) in [5.74, 6) is 0.434. The number of rotatable bonds is 4. The second-order valence-electron chi connectivity index (χ2n) is 7.32. The van der Waals surface area contributed by atoms with Crippen molar-refractivity contribution in [3.63, 3.8) is 0 Å². The van der Waals surface area contributed by atoms with Crippen LogP contribution in [0.25, 0.3) is 0 Å². The third-order valence-electron chi connectivity index (χ3n) is 5.46. The van der Waals surface area contributed by atoms with Crippen molar-refractivity contribution < 1.29 is 9.59 Å². The second-order valence-corrected chi connectivity index (χ2v) is 8.03. The summed E-state index contributed by atoms with van der Waals surface area (Å²) in [6, 6.07) is 7.49. The molecule has 1 N–H and O–H groups in total. The molecule has 9 heteroatoms. The van der Waals surface area contributed by atoms with E-state index in [0.29, 0.717) is 30.2 Å². The molecule has 2 aliphatic rings. The quantitative estimate of drug-likeness (QED) is 0.698. The van der Waals surface area contributed by atoms with Crippen LogP contribution in [0.5, 0.6) is 0 Å². The Morgan fingerprint density at radius 1 is 1.27 bits per heavy atom. The molecule has 0 bridgehead atoms. The fraction of sp³-hybridized carbons (Fsp3) is 0.286. The maximum absolute atomic E-state index is 13.3. The number of pyridine rings is 2. The van der Waals surface area contributed by atoms with Gasteiger partial charge in [-0.2, -0.15) is 0 Å². The molecule has 0 radical (unpaired) electrons. The van der Waals surface area contributed by atoms with Crippen LogP contribution in [0.15, 0.2) is 47.5 Å². The number of hydrogen-bond acceptors (Lipinski definition) is 7. The lowest BCUT2D eigenvalue weighted by atomic mass is 10.1. The zero-order valence-electron chi connectivity index (χ0n) is 16.2. The Morgan fingerprint density at radius 3 is 3.00 bits per heavy atom. The molecular formula is C21H20N6O2S. The van der Waals surface area contributed by atoms with E-state index in [0.717, 1.165) is 24.2 Å². The standard InChI is InChI=1S/C21H20N6O2S/c28-19-10-24-20-18(27(19)11-15-12-30-13-25-15)8-14(9-23-20)21(29)26-7-3-5-17(26)16-4-1-2-6-22-16/h1-2,4,6,8-9,12-13,17H,3,5,7,10-11H2,(H,23,24). The summed E-state index contributed by atoms with van der Waals surface area (Å²) in [5.41, 5.74) is 4.53. The van der Waals surface area contributed by atoms with E-state index in [2.05, 4.69) is 20.3 Å². The molecule has 0 aromatic carbocycles. The van der Waals surface area contributed by atoms with Gasteiger partial charge in [0.1, 0.15) is 0 Å². The highest BCUT2D eigenvalue weighted by Crippen LogP contribution is 2.34. The van der Waals surface area contributed by atoms with Gasteiger partial charge in [-0.3, -0.25) is 14.6 Å². The molecule has 5 heterocycles. The van der Waals surface area contributed by atoms with Crippen LogP contribution in [-0.2, 0) is 11.3 Å². The molecule has 0 saturated carbocycles. The fourth-order valence-corrected chi connectivity index (χ4v) is 4.56. The monoisotopic (exact) mass is 420 g/mol. The minimum Gasteiger partial charge on any atom is -0.359 e. The number of likely N-dealkylation sites (tertiary alicyclic amines) is 1. The SMILES string of the molecule is O=C1CNc2ncc(C(=O)N3CCCC3c3ccccn3)cc2N1Cc1cscn1. The van der Waals surface area contributed by atoms with E-state index in [4.69, 9.17) is 0 Å². The number of hydrogen-bond donors (Lipinski definition) is 1. The zero-order valence-corrected chi connectivity index (χ0v) is 17.0. The highest BCUT2D eigenvalue weighted by atomic mass is 32.1. The average molecular weight is 420 g/mol. The van der Waals surface area contributed by atoms with Gasteiger partial charge in [-0.05, 0) is 31.0 Å². The van der Waals surface area contributed by atoms with Crippen molar-refractivity contribution in [1.82, 2.24) is 19.9 Å². The van der Waals surface area contributed by atoms with Crippen LogP contribution in [0, 0.1) is 0 Å². The Balaban J connectivity index is 1.45. The number of carbonyl (C=O) groups is 2. The van der Waals surface area contributed by atoms with E-state index in [1.54, 1.807) is 28.9 Å². The van der Waals surface area contributed by atoms with Gasteiger partial charge >= 0.3 is 0 Å². The molecule has 1 unspecified atom stereocenters. The second kappa shape index (κ2) is 7.83. The predicted octanol–water partition coefficient (Wildman–Crippen LogP) is 2.87. The molecule has 1 saturated heterocycles. The van der Waals surface area contributed by atoms with Crippen LogP contribution in [-0.4, -0.2) is 44.8 Å². The first-order valence-electron chi connectivity index (χ1n) is 9.84. The molecule has 0 aliphatic carbocycles. The molecule has 152 valence electrons. The molecule has 30 heavy (non-hydrogen) atoms. The predicted molar refractivity (Wildman–Crippen MR) is 113 cm³/mol. The molecule has 1 fully saturated rings. The van der Waals surface area contributed by atoms with Crippen molar-refractivity contribution in [3.05, 3.63) is 64.5 Å². The Bertz CT molecular complexity index is 1070. The number of carbonyl (C=O) groups excluding carboxylic acids is 2. The topological polar surface area (TPSA) is 91.3 Å². The fourth-order valence-electron chi connectivity index (χ4n) is 4.01. The summed E-state index contributed by atoms with van der Waals surface area (Å²) in [4.78, 5) is 42.6. The third kappa shape index (κ3) is 3.41. The van der Waals surface area contributed by atoms with Crippen molar-refractivity contribution in [1.29, 1.82) is 0 Å². The molecule has 8 nitrogen and oxygen atoms in total. The van der Waals surface area contributed by atoms with Gasteiger partial charge in [-0.25, -0.2) is 9.97 Å². The highest BCUT2D eigenvalue weighted by molar-refractivity contribution is 7.07. The summed E-state index contributed by atoms with van der Waals surface area (Å²) < 4.78 is 0. The van der Waals surface area contributed by atoms with Crippen molar-refractivity contribution in [2.45, 2.75) is 25.4 Å². The molecule has 1 atom stereocenters. The van der Waals surface area contributed by atoms with E-state index in [1.807, 2.05) is 28.5 Å². The Hall–Kier alpha value is -3.33. The smallest absolute Gasteiger partial charge is 0.256 e. The molecular weight excluding hydrogens is 400 g/mol. The van der Waals surface area contributed by atoms with E-state index >= 15 is 0 Å². The molecule has 3 aromatic heterocycles. The van der Waals surface area contributed by atoms with Crippen molar-refractivity contribution >= 4 is 34.7 Å². The van der Waals surface area contributed by atoms with Gasteiger partial charge in [0.15, 0.2) is 5.82 Å². The Morgan fingerprint density at radius 2 is 2.20 bits per heavy atom. The summed E-state index contributed by atoms with van der Waals surface area (Å²) in [5, 5.41) is 4.95. The third-order valence-corrected chi connectivity index (χ3v) is 6.10. The van der Waals surface area contributed by atoms with E-state index < -0.39 is 0 Å². The van der Waals surface area contributed by atoms with Gasteiger partial charge in [0.05, 0.1) is 47.3 Å². The Kier molecular flexibility index (Phi) is 4.88. The van der Waals surface area contributed by atoms with Crippen LogP contribution >= 0.6 is 11.3 Å². The van der Waals surface area contributed by atoms with Gasteiger partial charge in [-0.15, -0.1) is 11.3 Å². The number of nitrogens with zero attached hydrogens (tertiary/aromatic N) is 5. The number of nitrogens with one attached hydrogen (secondary N) is 1. The maximum Gasteiger partial charge on any atom is 0.256 e. The van der Waals surface area contributed by atoms with Gasteiger partial charge < -0.3 is 15.1 Å². The minimum atomic E-state index is -0.0925. The van der Waals surface area contributed by atoms with Crippen LogP contribution < -0.4 is 10.2 Å². The van der Waals surface area contributed by atoms with Crippen molar-refractivity contribution in [2.75, 3.05) is 23.3 Å². The number of anilines is 2. The Labute approximate surface area is 177 Å². The highest BCUT2D eigenvalue weighted by Gasteiger charge is 2.33. The van der Waals surface area contributed by atoms with Crippen LogP contribution in [0.4, 0.5) is 11.5 Å². The maximum atomic E-state index is 13.3. The lowest BCUT2D eigenvalue weighted by Gasteiger charge is -2.30. The largest absolute Gasteiger partial charge is 0.359 e. The first kappa shape index (κ1) is 18.7. The van der Waals surface area contributed by atoms with E-state index in [-0.39, 0.29) is 24.4 Å². The number of amides is 2. The molecule has 2 aliphatic heterocycles. The lowest BCUT2D eigenvalue weighted by molar-refractivity contribution is -0.117. The van der Waals surface area contributed by atoms with E-state index in [9.17, 15) is 9.59 Å². The summed E-state index contributed by atoms with van der Waals surface area (Å²) in [6.07, 6.45) is 5.15. The molecule has 2 amide bonds. The van der Waals surface area contributed by atoms with Gasteiger partial charge in [0.2, 0.25) is 5.91 Å².